The zero-order chi connectivity index (χ0) is 13.4. The maximum atomic E-state index is 12.9. The molecule has 0 radical (unpaired) electrons. The van der Waals surface area contributed by atoms with E-state index in [-0.39, 0.29) is 29.8 Å². The lowest BCUT2D eigenvalue weighted by atomic mass is 10.1. The van der Waals surface area contributed by atoms with Gasteiger partial charge in [0.1, 0.15) is 5.82 Å². The molecule has 3 nitrogen and oxygen atoms in total. The van der Waals surface area contributed by atoms with Crippen molar-refractivity contribution >= 4 is 29.9 Å². The number of nitrogens with zero attached hydrogens (tertiary/aromatic N) is 1. The molecule has 1 rings (SSSR count). The summed E-state index contributed by atoms with van der Waals surface area (Å²) in [6.07, 6.45) is 2.99. The number of hydrogen-bond donors (Lipinski definition) is 2. The molecule has 0 bridgehead atoms. The Morgan fingerprint density at radius 2 is 2.16 bits per heavy atom. The van der Waals surface area contributed by atoms with Crippen molar-refractivity contribution < 1.29 is 4.39 Å². The summed E-state index contributed by atoms with van der Waals surface area (Å²) in [4.78, 5) is 4.20. The van der Waals surface area contributed by atoms with Gasteiger partial charge in [-0.3, -0.25) is 4.99 Å². The number of nitrogens with one attached hydrogen (secondary N) is 1. The van der Waals surface area contributed by atoms with E-state index >= 15 is 0 Å². The third-order valence-corrected chi connectivity index (χ3v) is 2.80. The molecule has 108 valence electrons. The van der Waals surface area contributed by atoms with Gasteiger partial charge in [0, 0.05) is 13.1 Å². The summed E-state index contributed by atoms with van der Waals surface area (Å²) in [7, 11) is 0. The highest BCUT2D eigenvalue weighted by Gasteiger charge is 2.00. The molecular formula is C14H23FIN3. The minimum absolute atomic E-state index is 0. The van der Waals surface area contributed by atoms with Crippen LogP contribution in [0.25, 0.3) is 0 Å². The minimum atomic E-state index is -0.190. The number of hydrogen-bond acceptors (Lipinski definition) is 1. The highest BCUT2D eigenvalue weighted by Crippen LogP contribution is 2.10. The Kier molecular flexibility index (Phi) is 9.55. The summed E-state index contributed by atoms with van der Waals surface area (Å²) < 4.78 is 12.9. The number of guanidine groups is 1. The first-order chi connectivity index (χ1) is 8.63. The maximum Gasteiger partial charge on any atom is 0.188 e. The van der Waals surface area contributed by atoms with Gasteiger partial charge in [0.05, 0.1) is 0 Å². The number of halogens is 2. The third-order valence-electron chi connectivity index (χ3n) is 2.80. The molecule has 5 heteroatoms. The normalized spacial score (nSPS) is 11.0. The number of nitrogens with two attached hydrogens (primary N) is 1. The van der Waals surface area contributed by atoms with Crippen molar-refractivity contribution in [3.63, 3.8) is 0 Å². The molecule has 0 aliphatic carbocycles. The van der Waals surface area contributed by atoms with Gasteiger partial charge in [0.15, 0.2) is 5.96 Å². The van der Waals surface area contributed by atoms with Crippen LogP contribution in [0.5, 0.6) is 0 Å². The number of aliphatic imine (C=N–C) groups is 1. The van der Waals surface area contributed by atoms with Crippen LogP contribution in [0.1, 0.15) is 30.9 Å². The molecule has 1 aromatic carbocycles. The molecule has 0 fully saturated rings. The van der Waals surface area contributed by atoms with Crippen molar-refractivity contribution in [2.75, 3.05) is 13.1 Å². The van der Waals surface area contributed by atoms with E-state index in [1.165, 1.54) is 6.07 Å². The monoisotopic (exact) mass is 379 g/mol. The Bertz CT molecular complexity index is 408. The lowest BCUT2D eigenvalue weighted by Crippen LogP contribution is -2.33. The van der Waals surface area contributed by atoms with Crippen molar-refractivity contribution in [3.8, 4) is 0 Å². The van der Waals surface area contributed by atoms with Gasteiger partial charge in [-0.25, -0.2) is 4.39 Å². The predicted octanol–water partition coefficient (Wildman–Crippen LogP) is 3.00. The maximum absolute atomic E-state index is 12.9. The SMILES string of the molecule is CCCCN=C(N)NCCc1ccc(F)cc1C.I. The number of benzene rings is 1. The first kappa shape index (κ1) is 18.1. The molecule has 0 spiro atoms. The predicted molar refractivity (Wildman–Crippen MR) is 89.7 cm³/mol. The van der Waals surface area contributed by atoms with Crippen molar-refractivity contribution in [1.82, 2.24) is 5.32 Å². The largest absolute Gasteiger partial charge is 0.370 e. The van der Waals surface area contributed by atoms with Gasteiger partial charge >= 0.3 is 0 Å². The molecule has 3 N–H and O–H groups in total. The average molecular weight is 379 g/mol. The Labute approximate surface area is 131 Å². The molecular weight excluding hydrogens is 356 g/mol. The van der Waals surface area contributed by atoms with Crippen LogP contribution in [-0.2, 0) is 6.42 Å². The smallest absolute Gasteiger partial charge is 0.188 e. The number of unbranched alkanes of at least 4 members (excludes halogenated alkanes) is 1. The highest BCUT2D eigenvalue weighted by molar-refractivity contribution is 14.0. The summed E-state index contributed by atoms with van der Waals surface area (Å²) in [6, 6.07) is 4.85. The van der Waals surface area contributed by atoms with E-state index < -0.39 is 0 Å². The summed E-state index contributed by atoms with van der Waals surface area (Å²) >= 11 is 0. The van der Waals surface area contributed by atoms with Crippen LogP contribution in [0.2, 0.25) is 0 Å². The Morgan fingerprint density at radius 3 is 2.79 bits per heavy atom. The van der Waals surface area contributed by atoms with Crippen molar-refractivity contribution in [2.24, 2.45) is 10.7 Å². The Morgan fingerprint density at radius 1 is 1.42 bits per heavy atom. The van der Waals surface area contributed by atoms with Crippen LogP contribution in [0.3, 0.4) is 0 Å². The van der Waals surface area contributed by atoms with E-state index in [1.807, 2.05) is 13.0 Å². The van der Waals surface area contributed by atoms with E-state index in [0.717, 1.165) is 36.9 Å². The average Bonchev–Trinajstić information content (AvgIpc) is 2.32. The van der Waals surface area contributed by atoms with Gasteiger partial charge in [0.25, 0.3) is 0 Å². The fourth-order valence-corrected chi connectivity index (χ4v) is 1.68. The van der Waals surface area contributed by atoms with E-state index in [4.69, 9.17) is 5.73 Å². The lowest BCUT2D eigenvalue weighted by molar-refractivity contribution is 0.625. The highest BCUT2D eigenvalue weighted by atomic mass is 127. The van der Waals surface area contributed by atoms with Gasteiger partial charge in [-0.05, 0) is 43.0 Å². The summed E-state index contributed by atoms with van der Waals surface area (Å²) in [6.45, 7) is 5.52. The van der Waals surface area contributed by atoms with Crippen LogP contribution in [-0.4, -0.2) is 19.0 Å². The molecule has 1 aromatic rings. The van der Waals surface area contributed by atoms with Crippen molar-refractivity contribution in [2.45, 2.75) is 33.1 Å². The quantitative estimate of drug-likeness (QED) is 0.346. The zero-order valence-corrected chi connectivity index (χ0v) is 13.9. The molecule has 0 aliphatic heterocycles. The summed E-state index contributed by atoms with van der Waals surface area (Å²) in [5.41, 5.74) is 7.82. The molecule has 0 amide bonds. The van der Waals surface area contributed by atoms with Gasteiger partial charge in [-0.2, -0.15) is 0 Å². The van der Waals surface area contributed by atoms with Crippen molar-refractivity contribution in [1.29, 1.82) is 0 Å². The fourth-order valence-electron chi connectivity index (χ4n) is 1.68. The van der Waals surface area contributed by atoms with Gasteiger partial charge in [-0.1, -0.05) is 19.4 Å². The molecule has 0 atom stereocenters. The molecule has 0 saturated heterocycles. The lowest BCUT2D eigenvalue weighted by Gasteiger charge is -2.08. The van der Waals surface area contributed by atoms with Crippen LogP contribution < -0.4 is 11.1 Å². The fraction of sp³-hybridized carbons (Fsp3) is 0.500. The molecule has 19 heavy (non-hydrogen) atoms. The van der Waals surface area contributed by atoms with Crippen molar-refractivity contribution in [3.05, 3.63) is 35.1 Å². The summed E-state index contributed by atoms with van der Waals surface area (Å²) in [5, 5.41) is 3.07. The zero-order valence-electron chi connectivity index (χ0n) is 11.6. The standard InChI is InChI=1S/C14H22FN3.HI/c1-3-4-8-17-14(16)18-9-7-12-5-6-13(15)10-11(12)2;/h5-6,10H,3-4,7-9H2,1-2H3,(H3,16,17,18);1H. The van der Waals surface area contributed by atoms with E-state index in [9.17, 15) is 4.39 Å². The Balaban J connectivity index is 0.00000324. The van der Waals surface area contributed by atoms with E-state index in [0.29, 0.717) is 12.5 Å². The molecule has 0 aliphatic rings. The van der Waals surface area contributed by atoms with Crippen LogP contribution in [0.4, 0.5) is 4.39 Å². The van der Waals surface area contributed by atoms with Crippen LogP contribution in [0, 0.1) is 12.7 Å². The molecule has 0 unspecified atom stereocenters. The second-order valence-electron chi connectivity index (χ2n) is 4.37. The molecule has 0 aromatic heterocycles. The first-order valence-corrected chi connectivity index (χ1v) is 6.42. The molecule has 0 heterocycles. The van der Waals surface area contributed by atoms with E-state index in [1.54, 1.807) is 6.07 Å². The second kappa shape index (κ2) is 10.00. The second-order valence-corrected chi connectivity index (χ2v) is 4.37. The third kappa shape index (κ3) is 7.34. The first-order valence-electron chi connectivity index (χ1n) is 6.42. The number of aryl methyl sites for hydroxylation is 1. The summed E-state index contributed by atoms with van der Waals surface area (Å²) in [5.74, 6) is 0.299. The van der Waals surface area contributed by atoms with Gasteiger partial charge in [0.2, 0.25) is 0 Å². The number of rotatable bonds is 6. The van der Waals surface area contributed by atoms with Crippen LogP contribution in [0.15, 0.2) is 23.2 Å². The van der Waals surface area contributed by atoms with E-state index in [2.05, 4.69) is 17.2 Å². The van der Waals surface area contributed by atoms with Gasteiger partial charge in [-0.15, -0.1) is 24.0 Å². The topological polar surface area (TPSA) is 50.4 Å². The van der Waals surface area contributed by atoms with Gasteiger partial charge < -0.3 is 11.1 Å². The molecule has 0 saturated carbocycles. The Hall–Kier alpha value is -0.850. The minimum Gasteiger partial charge on any atom is -0.370 e. The van der Waals surface area contributed by atoms with Crippen LogP contribution >= 0.6 is 24.0 Å².